The van der Waals surface area contributed by atoms with E-state index in [2.05, 4.69) is 30.8 Å². The van der Waals surface area contributed by atoms with Crippen LogP contribution in [0.4, 0.5) is 22.0 Å². The zero-order chi connectivity index (χ0) is 30.2. The molecule has 3 heterocycles. The summed E-state index contributed by atoms with van der Waals surface area (Å²) in [5.74, 6) is -4.12. The van der Waals surface area contributed by atoms with E-state index in [1.807, 2.05) is 13.8 Å². The highest BCUT2D eigenvalue weighted by Gasteiger charge is 2.40. The van der Waals surface area contributed by atoms with Gasteiger partial charge in [-0.05, 0) is 63.0 Å². The van der Waals surface area contributed by atoms with Crippen molar-refractivity contribution in [3.05, 3.63) is 41.9 Å². The molecule has 2 aliphatic rings. The number of carbonyl (C=O) groups is 2. The molecule has 0 spiro atoms. The molecule has 10 nitrogen and oxygen atoms in total. The molecule has 15 heteroatoms. The molecule has 0 radical (unpaired) electrons. The monoisotopic (exact) mass is 596 g/mol. The molecule has 0 bridgehead atoms. The first-order valence-corrected chi connectivity index (χ1v) is 14.1. The Morgan fingerprint density at radius 3 is 2.38 bits per heavy atom. The number of fused-ring (bicyclic) bond motifs is 1. The van der Waals surface area contributed by atoms with Crippen molar-refractivity contribution in [1.82, 2.24) is 40.0 Å². The van der Waals surface area contributed by atoms with Crippen LogP contribution in [0.1, 0.15) is 105 Å². The number of hydrogen-bond donors (Lipinski definition) is 2. The van der Waals surface area contributed by atoms with Crippen molar-refractivity contribution in [3.63, 3.8) is 0 Å². The highest BCUT2D eigenvalue weighted by molar-refractivity contribution is 5.91. The van der Waals surface area contributed by atoms with Crippen LogP contribution in [0.15, 0.2) is 24.8 Å². The summed E-state index contributed by atoms with van der Waals surface area (Å²) in [5.41, 5.74) is 1.42. The van der Waals surface area contributed by atoms with Gasteiger partial charge < -0.3 is 10.6 Å². The fourth-order valence-corrected chi connectivity index (χ4v) is 5.46. The maximum Gasteiger partial charge on any atom is 0.389 e. The Bertz CT molecular complexity index is 1420. The van der Waals surface area contributed by atoms with Crippen LogP contribution in [0.3, 0.4) is 0 Å². The van der Waals surface area contributed by atoms with Crippen molar-refractivity contribution in [2.24, 2.45) is 11.8 Å². The molecule has 42 heavy (non-hydrogen) atoms. The van der Waals surface area contributed by atoms with E-state index < -0.39 is 48.8 Å². The Labute approximate surface area is 238 Å². The lowest BCUT2D eigenvalue weighted by Crippen LogP contribution is -2.38. The number of hydrogen-bond acceptors (Lipinski definition) is 6. The summed E-state index contributed by atoms with van der Waals surface area (Å²) in [6.45, 7) is 3.70. The minimum absolute atomic E-state index is 0.0766. The number of halogens is 5. The number of carbonyl (C=O) groups excluding carboxylic acids is 2. The van der Waals surface area contributed by atoms with E-state index in [9.17, 15) is 31.5 Å². The average Bonchev–Trinajstić information content (AvgIpc) is 3.47. The van der Waals surface area contributed by atoms with Crippen LogP contribution in [0.5, 0.6) is 0 Å². The molecule has 5 rings (SSSR count). The topological polar surface area (TPSA) is 119 Å². The van der Waals surface area contributed by atoms with Gasteiger partial charge >= 0.3 is 6.18 Å². The summed E-state index contributed by atoms with van der Waals surface area (Å²) in [7, 11) is 0. The van der Waals surface area contributed by atoms with E-state index in [0.717, 1.165) is 12.8 Å². The molecule has 3 aromatic rings. The van der Waals surface area contributed by atoms with E-state index in [4.69, 9.17) is 0 Å². The number of aromatic nitrogens is 6. The van der Waals surface area contributed by atoms with Crippen LogP contribution < -0.4 is 10.6 Å². The fourth-order valence-electron chi connectivity index (χ4n) is 5.46. The second-order valence-corrected chi connectivity index (χ2v) is 11.5. The van der Waals surface area contributed by atoms with Gasteiger partial charge in [-0.2, -0.15) is 23.4 Å². The van der Waals surface area contributed by atoms with Crippen LogP contribution in [0.25, 0.3) is 5.65 Å². The number of imidazole rings is 1. The van der Waals surface area contributed by atoms with Gasteiger partial charge in [-0.15, -0.1) is 0 Å². The van der Waals surface area contributed by atoms with Gasteiger partial charge in [0.25, 0.3) is 5.91 Å². The minimum atomic E-state index is -4.43. The lowest BCUT2D eigenvalue weighted by atomic mass is 9.81. The van der Waals surface area contributed by atoms with Crippen LogP contribution in [-0.4, -0.2) is 53.3 Å². The van der Waals surface area contributed by atoms with Gasteiger partial charge in [0, 0.05) is 25.3 Å². The average molecular weight is 597 g/mol. The van der Waals surface area contributed by atoms with Gasteiger partial charge in [0.2, 0.25) is 17.7 Å². The third-order valence-corrected chi connectivity index (χ3v) is 7.87. The number of nitrogens with zero attached hydrogens (tertiary/aromatic N) is 6. The van der Waals surface area contributed by atoms with Crippen molar-refractivity contribution in [1.29, 1.82) is 0 Å². The van der Waals surface area contributed by atoms with Gasteiger partial charge in [0.1, 0.15) is 6.33 Å². The predicted molar refractivity (Wildman–Crippen MR) is 139 cm³/mol. The summed E-state index contributed by atoms with van der Waals surface area (Å²) >= 11 is 0. The van der Waals surface area contributed by atoms with Crippen molar-refractivity contribution in [2.75, 3.05) is 0 Å². The molecule has 2 fully saturated rings. The Balaban J connectivity index is 1.40. The molecule has 2 atom stereocenters. The minimum Gasteiger partial charge on any atom is -0.349 e. The van der Waals surface area contributed by atoms with Gasteiger partial charge in [-0.25, -0.2) is 27.9 Å². The molecule has 1 unspecified atom stereocenters. The first kappa shape index (κ1) is 29.8. The summed E-state index contributed by atoms with van der Waals surface area (Å²) < 4.78 is 68.8. The smallest absolute Gasteiger partial charge is 0.349 e. The highest BCUT2D eigenvalue weighted by Crippen LogP contribution is 2.43. The molecule has 2 N–H and O–H groups in total. The van der Waals surface area contributed by atoms with Crippen LogP contribution >= 0.6 is 0 Å². The zero-order valence-electron chi connectivity index (χ0n) is 23.2. The van der Waals surface area contributed by atoms with Gasteiger partial charge in [-0.3, -0.25) is 9.59 Å². The normalized spacial score (nSPS) is 19.1. The second kappa shape index (κ2) is 11.6. The standard InChI is InChI=1S/C27H33F5N8O2/c1-15(2)40-24(33-14-35-40)25(42)38-23(17-5-8-26(28,29)9-6-17)19-13-39-20(36-19)11-18(12-34-39)22(16-3-4-16)37-21(41)7-10-27(30,31)32/h11-17,22-23H,3-10H2,1-2H3,(H,37,41)(H,38,42)/t22?,23-/m0/s1. The number of rotatable bonds is 10. The van der Waals surface area contributed by atoms with Crippen LogP contribution in [0.2, 0.25) is 0 Å². The van der Waals surface area contributed by atoms with Crippen LogP contribution in [0, 0.1) is 11.8 Å². The first-order valence-electron chi connectivity index (χ1n) is 14.1. The Morgan fingerprint density at radius 1 is 1.05 bits per heavy atom. The van der Waals surface area contributed by atoms with Gasteiger partial charge in [-0.1, -0.05) is 0 Å². The third-order valence-electron chi connectivity index (χ3n) is 7.87. The molecule has 0 aromatic carbocycles. The predicted octanol–water partition coefficient (Wildman–Crippen LogP) is 5.11. The van der Waals surface area contributed by atoms with E-state index in [1.165, 1.54) is 21.7 Å². The van der Waals surface area contributed by atoms with Gasteiger partial charge in [0.05, 0.1) is 36.6 Å². The maximum absolute atomic E-state index is 14.0. The molecule has 2 saturated carbocycles. The SMILES string of the molecule is CC(C)n1ncnc1C(=O)N[C@H](c1cn2ncc(C(NC(=O)CCC(F)(F)F)C3CC3)cc2n1)C1CCC(F)(F)CC1. The summed E-state index contributed by atoms with van der Waals surface area (Å²) in [4.78, 5) is 34.4. The first-order chi connectivity index (χ1) is 19.8. The second-order valence-electron chi connectivity index (χ2n) is 11.5. The van der Waals surface area contributed by atoms with Crippen molar-refractivity contribution >= 4 is 17.5 Å². The molecule has 3 aromatic heterocycles. The molecular formula is C27H33F5N8O2. The molecule has 2 amide bonds. The molecule has 0 aliphatic heterocycles. The maximum atomic E-state index is 14.0. The molecule has 2 aliphatic carbocycles. The number of amides is 2. The number of nitrogens with one attached hydrogen (secondary N) is 2. The van der Waals surface area contributed by atoms with Gasteiger partial charge in [0.15, 0.2) is 5.65 Å². The lowest BCUT2D eigenvalue weighted by molar-refractivity contribution is -0.144. The summed E-state index contributed by atoms with van der Waals surface area (Å²) in [6, 6.07) is 0.345. The quantitative estimate of drug-likeness (QED) is 0.314. The molecule has 0 saturated heterocycles. The Hall–Kier alpha value is -3.65. The molecule has 228 valence electrons. The van der Waals surface area contributed by atoms with E-state index in [0.29, 0.717) is 16.9 Å². The Morgan fingerprint density at radius 2 is 1.74 bits per heavy atom. The third kappa shape index (κ3) is 7.04. The fraction of sp³-hybridized carbons (Fsp3) is 0.630. The van der Waals surface area contributed by atoms with Crippen LogP contribution in [-0.2, 0) is 4.79 Å². The summed E-state index contributed by atoms with van der Waals surface area (Å²) in [6.07, 6.45) is -0.491. The van der Waals surface area contributed by atoms with Crippen molar-refractivity contribution in [2.45, 2.75) is 95.4 Å². The van der Waals surface area contributed by atoms with E-state index >= 15 is 0 Å². The summed E-state index contributed by atoms with van der Waals surface area (Å²) in [5, 5.41) is 14.2. The highest BCUT2D eigenvalue weighted by atomic mass is 19.4. The zero-order valence-corrected chi connectivity index (χ0v) is 23.2. The largest absolute Gasteiger partial charge is 0.389 e. The molecular weight excluding hydrogens is 563 g/mol. The number of alkyl halides is 5. The van der Waals surface area contributed by atoms with Crippen molar-refractivity contribution in [3.8, 4) is 0 Å². The van der Waals surface area contributed by atoms with E-state index in [-0.39, 0.29) is 49.4 Å². The van der Waals surface area contributed by atoms with E-state index in [1.54, 1.807) is 12.3 Å². The van der Waals surface area contributed by atoms with Crippen molar-refractivity contribution < 1.29 is 31.5 Å². The Kier molecular flexibility index (Phi) is 8.21. The lowest BCUT2D eigenvalue weighted by Gasteiger charge is -2.33.